The highest BCUT2D eigenvalue weighted by atomic mass is 79.9. The first-order valence-electron chi connectivity index (χ1n) is 7.49. The van der Waals surface area contributed by atoms with Gasteiger partial charge in [-0.3, -0.25) is 4.79 Å². The van der Waals surface area contributed by atoms with Gasteiger partial charge in [-0.15, -0.1) is 0 Å². The lowest BCUT2D eigenvalue weighted by molar-refractivity contribution is -0.133. The van der Waals surface area contributed by atoms with E-state index in [1.54, 1.807) is 7.11 Å². The van der Waals surface area contributed by atoms with Gasteiger partial charge in [0.15, 0.2) is 0 Å². The van der Waals surface area contributed by atoms with E-state index in [1.165, 1.54) is 0 Å². The monoisotopic (exact) mass is 349 g/mol. The van der Waals surface area contributed by atoms with Gasteiger partial charge in [-0.25, -0.2) is 0 Å². The number of aryl methyl sites for hydroxylation is 1. The molecule has 0 N–H and O–H groups in total. The predicted octanol–water partition coefficient (Wildman–Crippen LogP) is 3.71. The molecule has 2 aliphatic rings. The van der Waals surface area contributed by atoms with Gasteiger partial charge in [0.1, 0.15) is 5.75 Å². The lowest BCUT2D eigenvalue weighted by Crippen LogP contribution is -2.42. The Morgan fingerprint density at radius 1 is 1.43 bits per heavy atom. The molecule has 3 rings (SSSR count). The molecule has 2 unspecified atom stereocenters. The first-order valence-corrected chi connectivity index (χ1v) is 8.28. The minimum Gasteiger partial charge on any atom is -0.496 e. The molecule has 3 nitrogen and oxygen atoms in total. The van der Waals surface area contributed by atoms with Crippen molar-refractivity contribution in [3.8, 4) is 5.75 Å². The largest absolute Gasteiger partial charge is 0.496 e. The molecule has 2 heterocycles. The number of hydrogen-bond acceptors (Lipinski definition) is 2. The molecule has 112 valence electrons. The van der Waals surface area contributed by atoms with Crippen molar-refractivity contribution in [2.75, 3.05) is 7.11 Å². The van der Waals surface area contributed by atoms with Gasteiger partial charge < -0.3 is 9.64 Å². The minimum absolute atomic E-state index is 0.272. The first kappa shape index (κ1) is 14.6. The van der Waals surface area contributed by atoms with Crippen molar-refractivity contribution in [2.24, 2.45) is 0 Å². The molecule has 1 saturated heterocycles. The van der Waals surface area contributed by atoms with E-state index in [1.807, 2.05) is 18.2 Å². The van der Waals surface area contributed by atoms with Gasteiger partial charge in [0, 0.05) is 16.9 Å². The number of ether oxygens (including phenoxy) is 1. The van der Waals surface area contributed by atoms with E-state index in [0.29, 0.717) is 18.5 Å². The van der Waals surface area contributed by atoms with Crippen LogP contribution in [0.1, 0.15) is 31.2 Å². The molecule has 1 amide bonds. The number of amides is 1. The fraction of sp³-hybridized carbons (Fsp3) is 0.471. The highest BCUT2D eigenvalue weighted by Gasteiger charge is 2.36. The third kappa shape index (κ3) is 3.00. The van der Waals surface area contributed by atoms with Crippen molar-refractivity contribution in [1.82, 2.24) is 4.90 Å². The molecule has 2 atom stereocenters. The Bertz CT molecular complexity index is 570. The maximum Gasteiger partial charge on any atom is 0.223 e. The molecular weight excluding hydrogens is 330 g/mol. The zero-order valence-electron chi connectivity index (χ0n) is 12.2. The van der Waals surface area contributed by atoms with Gasteiger partial charge in [-0.05, 0) is 49.4 Å². The normalized spacial score (nSPS) is 23.4. The summed E-state index contributed by atoms with van der Waals surface area (Å²) in [5, 5.41) is 0. The minimum atomic E-state index is 0.272. The number of carbonyl (C=O) groups excluding carboxylic acids is 1. The summed E-state index contributed by atoms with van der Waals surface area (Å²) in [6, 6.07) is 6.70. The molecule has 2 bridgehead atoms. The average molecular weight is 350 g/mol. The zero-order valence-corrected chi connectivity index (χ0v) is 13.8. The lowest BCUT2D eigenvalue weighted by Gasteiger charge is -2.31. The SMILES string of the molecule is COc1ccc(Br)cc1CCC(=O)N1C2C=CCC1CC2. The van der Waals surface area contributed by atoms with E-state index in [0.717, 1.165) is 41.5 Å². The van der Waals surface area contributed by atoms with Crippen molar-refractivity contribution in [3.63, 3.8) is 0 Å². The lowest BCUT2D eigenvalue weighted by atomic mass is 10.1. The zero-order chi connectivity index (χ0) is 14.8. The summed E-state index contributed by atoms with van der Waals surface area (Å²) >= 11 is 3.48. The molecule has 1 fully saturated rings. The number of halogens is 1. The summed E-state index contributed by atoms with van der Waals surface area (Å²) in [5.41, 5.74) is 1.08. The van der Waals surface area contributed by atoms with Gasteiger partial charge in [-0.2, -0.15) is 0 Å². The van der Waals surface area contributed by atoms with Crippen LogP contribution >= 0.6 is 15.9 Å². The van der Waals surface area contributed by atoms with Gasteiger partial charge in [0.05, 0.1) is 13.2 Å². The van der Waals surface area contributed by atoms with Crippen molar-refractivity contribution in [1.29, 1.82) is 0 Å². The Kier molecular flexibility index (Phi) is 4.34. The van der Waals surface area contributed by atoms with Gasteiger partial charge in [0.25, 0.3) is 0 Å². The van der Waals surface area contributed by atoms with Gasteiger partial charge >= 0.3 is 0 Å². The van der Waals surface area contributed by atoms with E-state index in [2.05, 4.69) is 33.0 Å². The molecule has 2 aliphatic heterocycles. The Labute approximate surface area is 134 Å². The number of methoxy groups -OCH3 is 1. The van der Waals surface area contributed by atoms with E-state index in [9.17, 15) is 4.79 Å². The molecule has 1 aromatic rings. The van der Waals surface area contributed by atoms with E-state index in [4.69, 9.17) is 4.74 Å². The van der Waals surface area contributed by atoms with Crippen molar-refractivity contribution in [2.45, 2.75) is 44.2 Å². The van der Waals surface area contributed by atoms with Crippen LogP contribution < -0.4 is 4.74 Å². The number of benzene rings is 1. The molecule has 21 heavy (non-hydrogen) atoms. The summed E-state index contributed by atoms with van der Waals surface area (Å²) < 4.78 is 6.40. The van der Waals surface area contributed by atoms with Crippen LogP contribution in [-0.4, -0.2) is 30.0 Å². The van der Waals surface area contributed by atoms with Crippen LogP contribution in [0.3, 0.4) is 0 Å². The van der Waals surface area contributed by atoms with Crippen molar-refractivity contribution in [3.05, 3.63) is 40.4 Å². The number of rotatable bonds is 4. The third-order valence-electron chi connectivity index (χ3n) is 4.45. The van der Waals surface area contributed by atoms with Crippen LogP contribution in [0.5, 0.6) is 5.75 Å². The van der Waals surface area contributed by atoms with E-state index < -0.39 is 0 Å². The predicted molar refractivity (Wildman–Crippen MR) is 86.4 cm³/mol. The number of fused-ring (bicyclic) bond motifs is 2. The number of hydrogen-bond donors (Lipinski definition) is 0. The topological polar surface area (TPSA) is 29.5 Å². The average Bonchev–Trinajstić information content (AvgIpc) is 2.74. The standard InChI is InChI=1S/C17H20BrNO2/c1-21-16-9-6-13(18)11-12(16)5-10-17(20)19-14-3-2-4-15(19)8-7-14/h2-3,6,9,11,14-15H,4-5,7-8,10H2,1H3. The molecule has 0 aromatic heterocycles. The molecule has 1 aromatic carbocycles. The van der Waals surface area contributed by atoms with E-state index >= 15 is 0 Å². The quantitative estimate of drug-likeness (QED) is 0.775. The fourth-order valence-corrected chi connectivity index (χ4v) is 3.84. The smallest absolute Gasteiger partial charge is 0.223 e. The second kappa shape index (κ2) is 6.22. The maximum absolute atomic E-state index is 12.6. The Hall–Kier alpha value is -1.29. The van der Waals surface area contributed by atoms with E-state index in [-0.39, 0.29) is 5.91 Å². The third-order valence-corrected chi connectivity index (χ3v) is 4.94. The Morgan fingerprint density at radius 2 is 2.29 bits per heavy atom. The summed E-state index contributed by atoms with van der Waals surface area (Å²) in [5.74, 6) is 1.13. The second-order valence-electron chi connectivity index (χ2n) is 5.72. The van der Waals surface area contributed by atoms with Crippen LogP contribution in [0.15, 0.2) is 34.8 Å². The second-order valence-corrected chi connectivity index (χ2v) is 6.64. The number of nitrogens with zero attached hydrogens (tertiary/aromatic N) is 1. The summed E-state index contributed by atoms with van der Waals surface area (Å²) in [4.78, 5) is 14.7. The summed E-state index contributed by atoms with van der Waals surface area (Å²) in [6.45, 7) is 0. The summed E-state index contributed by atoms with van der Waals surface area (Å²) in [7, 11) is 1.67. The van der Waals surface area contributed by atoms with Crippen LogP contribution in [0.4, 0.5) is 0 Å². The number of carbonyl (C=O) groups is 1. The molecule has 4 heteroatoms. The highest BCUT2D eigenvalue weighted by Crippen LogP contribution is 2.32. The van der Waals surface area contributed by atoms with Crippen LogP contribution in [-0.2, 0) is 11.2 Å². The van der Waals surface area contributed by atoms with Crippen LogP contribution in [0.2, 0.25) is 0 Å². The van der Waals surface area contributed by atoms with Crippen molar-refractivity contribution >= 4 is 21.8 Å². The van der Waals surface area contributed by atoms with Crippen LogP contribution in [0.25, 0.3) is 0 Å². The molecule has 0 saturated carbocycles. The first-order chi connectivity index (χ1) is 10.2. The van der Waals surface area contributed by atoms with Gasteiger partial charge in [0.2, 0.25) is 5.91 Å². The molecule has 0 radical (unpaired) electrons. The molecular formula is C17H20BrNO2. The Morgan fingerprint density at radius 3 is 3.05 bits per heavy atom. The highest BCUT2D eigenvalue weighted by molar-refractivity contribution is 9.10. The molecule has 0 spiro atoms. The summed E-state index contributed by atoms with van der Waals surface area (Å²) in [6.07, 6.45) is 8.97. The van der Waals surface area contributed by atoms with Crippen LogP contribution in [0, 0.1) is 0 Å². The maximum atomic E-state index is 12.6. The fourth-order valence-electron chi connectivity index (χ4n) is 3.43. The van der Waals surface area contributed by atoms with Crippen molar-refractivity contribution < 1.29 is 9.53 Å². The molecule has 0 aliphatic carbocycles. The van der Waals surface area contributed by atoms with Gasteiger partial charge in [-0.1, -0.05) is 28.1 Å². The Balaban J connectivity index is 1.67.